The minimum Gasteiger partial charge on any atom is -0.503 e. The summed E-state index contributed by atoms with van der Waals surface area (Å²) in [6.07, 6.45) is 7.51. The second-order valence-corrected chi connectivity index (χ2v) is 8.33. The minimum atomic E-state index is -0.315. The summed E-state index contributed by atoms with van der Waals surface area (Å²) in [6.45, 7) is 4.16. The highest BCUT2D eigenvalue weighted by Gasteiger charge is 2.10. The van der Waals surface area contributed by atoms with Crippen LogP contribution >= 0.6 is 24.0 Å². The van der Waals surface area contributed by atoms with E-state index in [0.717, 1.165) is 54.6 Å². The number of hydrogen-bond donors (Lipinski definition) is 3. The number of hydrogen-bond acceptors (Lipinski definition) is 5. The molecule has 6 nitrogen and oxygen atoms in total. The number of aryl methyl sites for hydroxylation is 1. The predicted molar refractivity (Wildman–Crippen MR) is 135 cm³/mol. The van der Waals surface area contributed by atoms with Crippen molar-refractivity contribution in [2.75, 3.05) is 18.4 Å². The molecule has 0 radical (unpaired) electrons. The van der Waals surface area contributed by atoms with Crippen LogP contribution < -0.4 is 16.1 Å². The number of nitrogens with one attached hydrogen (secondary N) is 2. The molecular formula is C24H32Cl2N4O2. The SMILES string of the molecule is Cc1cc(=O)c(O)c(CNCCCCCCCNc2ccnc3cc(Cl)ccc23)n1C.Cl. The van der Waals surface area contributed by atoms with Gasteiger partial charge in [-0.1, -0.05) is 30.9 Å². The first-order valence-corrected chi connectivity index (χ1v) is 11.2. The average Bonchev–Trinajstić information content (AvgIpc) is 2.75. The fourth-order valence-electron chi connectivity index (χ4n) is 3.68. The second-order valence-electron chi connectivity index (χ2n) is 7.90. The second kappa shape index (κ2) is 12.7. The summed E-state index contributed by atoms with van der Waals surface area (Å²) in [5.74, 6) is -0.154. The van der Waals surface area contributed by atoms with E-state index in [4.69, 9.17) is 11.6 Å². The van der Waals surface area contributed by atoms with E-state index in [1.165, 1.54) is 18.9 Å². The third-order valence-corrected chi connectivity index (χ3v) is 5.86. The monoisotopic (exact) mass is 478 g/mol. The Kier molecular flexibility index (Phi) is 10.3. The molecule has 3 aromatic rings. The molecule has 0 unspecified atom stereocenters. The Labute approximate surface area is 200 Å². The van der Waals surface area contributed by atoms with Gasteiger partial charge in [0, 0.05) is 54.2 Å². The van der Waals surface area contributed by atoms with Gasteiger partial charge in [-0.05, 0) is 50.6 Å². The molecule has 3 N–H and O–H groups in total. The summed E-state index contributed by atoms with van der Waals surface area (Å²) in [5.41, 5.74) is 3.17. The van der Waals surface area contributed by atoms with Crippen LogP contribution in [-0.2, 0) is 13.6 Å². The lowest BCUT2D eigenvalue weighted by Gasteiger charge is -2.14. The highest BCUT2D eigenvalue weighted by molar-refractivity contribution is 6.31. The molecule has 0 aliphatic carbocycles. The molecule has 0 aliphatic heterocycles. The molecule has 0 spiro atoms. The molecule has 32 heavy (non-hydrogen) atoms. The van der Waals surface area contributed by atoms with Gasteiger partial charge in [0.05, 0.1) is 11.2 Å². The van der Waals surface area contributed by atoms with E-state index >= 15 is 0 Å². The van der Waals surface area contributed by atoms with Gasteiger partial charge >= 0.3 is 0 Å². The number of benzene rings is 1. The first-order chi connectivity index (χ1) is 15.0. The number of fused-ring (bicyclic) bond motifs is 1. The van der Waals surface area contributed by atoms with Crippen molar-refractivity contribution < 1.29 is 5.11 Å². The van der Waals surface area contributed by atoms with E-state index in [1.54, 1.807) is 0 Å². The number of anilines is 1. The van der Waals surface area contributed by atoms with Gasteiger partial charge in [0.1, 0.15) is 0 Å². The van der Waals surface area contributed by atoms with Crippen LogP contribution in [-0.4, -0.2) is 27.7 Å². The maximum Gasteiger partial charge on any atom is 0.223 e. The summed E-state index contributed by atoms with van der Waals surface area (Å²) < 4.78 is 1.86. The normalized spacial score (nSPS) is 10.8. The Balaban J connectivity index is 0.00000363. The molecular weight excluding hydrogens is 447 g/mol. The van der Waals surface area contributed by atoms with Gasteiger partial charge in [-0.15, -0.1) is 12.4 Å². The molecule has 174 valence electrons. The lowest BCUT2D eigenvalue weighted by atomic mass is 10.1. The Bertz CT molecular complexity index is 1090. The molecule has 3 rings (SSSR count). The fourth-order valence-corrected chi connectivity index (χ4v) is 3.85. The first kappa shape index (κ1) is 26.0. The van der Waals surface area contributed by atoms with Crippen molar-refractivity contribution in [3.63, 3.8) is 0 Å². The van der Waals surface area contributed by atoms with Crippen LogP contribution in [0.5, 0.6) is 5.75 Å². The summed E-state index contributed by atoms with van der Waals surface area (Å²) >= 11 is 6.05. The molecule has 0 atom stereocenters. The number of rotatable bonds is 11. The summed E-state index contributed by atoms with van der Waals surface area (Å²) in [4.78, 5) is 16.1. The highest BCUT2D eigenvalue weighted by Crippen LogP contribution is 2.24. The van der Waals surface area contributed by atoms with E-state index in [9.17, 15) is 9.90 Å². The van der Waals surface area contributed by atoms with Gasteiger partial charge in [0.2, 0.25) is 5.43 Å². The van der Waals surface area contributed by atoms with E-state index in [1.807, 2.05) is 49.0 Å². The lowest BCUT2D eigenvalue weighted by Crippen LogP contribution is -2.21. The number of aromatic nitrogens is 2. The molecule has 0 bridgehead atoms. The minimum absolute atomic E-state index is 0. The number of nitrogens with zero attached hydrogens (tertiary/aromatic N) is 2. The molecule has 2 heterocycles. The van der Waals surface area contributed by atoms with Crippen LogP contribution in [0.1, 0.15) is 43.5 Å². The van der Waals surface area contributed by atoms with Gasteiger partial charge in [-0.25, -0.2) is 0 Å². The van der Waals surface area contributed by atoms with Crippen molar-refractivity contribution >= 4 is 40.6 Å². The largest absolute Gasteiger partial charge is 0.503 e. The zero-order valence-electron chi connectivity index (χ0n) is 18.7. The van der Waals surface area contributed by atoms with Crippen LogP contribution in [0, 0.1) is 6.92 Å². The zero-order valence-corrected chi connectivity index (χ0v) is 20.2. The van der Waals surface area contributed by atoms with Gasteiger partial charge in [-0.3, -0.25) is 9.78 Å². The van der Waals surface area contributed by atoms with E-state index in [2.05, 4.69) is 15.6 Å². The van der Waals surface area contributed by atoms with E-state index < -0.39 is 0 Å². The first-order valence-electron chi connectivity index (χ1n) is 10.8. The highest BCUT2D eigenvalue weighted by atomic mass is 35.5. The Morgan fingerprint density at radius 1 is 1.06 bits per heavy atom. The topological polar surface area (TPSA) is 79.2 Å². The van der Waals surface area contributed by atoms with Gasteiger partial charge in [0.15, 0.2) is 5.75 Å². The zero-order chi connectivity index (χ0) is 22.2. The molecule has 0 aliphatic rings. The predicted octanol–water partition coefficient (Wildman–Crippen LogP) is 5.17. The van der Waals surface area contributed by atoms with Crippen LogP contribution in [0.3, 0.4) is 0 Å². The van der Waals surface area contributed by atoms with Crippen molar-refractivity contribution in [1.82, 2.24) is 14.9 Å². The van der Waals surface area contributed by atoms with Crippen molar-refractivity contribution in [2.24, 2.45) is 7.05 Å². The van der Waals surface area contributed by atoms with Crippen molar-refractivity contribution in [1.29, 1.82) is 0 Å². The molecule has 0 fully saturated rings. The van der Waals surface area contributed by atoms with Gasteiger partial charge in [-0.2, -0.15) is 0 Å². The van der Waals surface area contributed by atoms with Gasteiger partial charge in [0.25, 0.3) is 0 Å². The molecule has 0 saturated carbocycles. The van der Waals surface area contributed by atoms with Gasteiger partial charge < -0.3 is 20.3 Å². The maximum atomic E-state index is 11.7. The Morgan fingerprint density at radius 2 is 1.78 bits per heavy atom. The smallest absolute Gasteiger partial charge is 0.223 e. The molecule has 1 aromatic carbocycles. The molecule has 2 aromatic heterocycles. The Morgan fingerprint density at radius 3 is 2.56 bits per heavy atom. The number of halogens is 2. The number of unbranched alkanes of at least 4 members (excludes halogenated alkanes) is 4. The maximum absolute atomic E-state index is 11.7. The van der Waals surface area contributed by atoms with Crippen molar-refractivity contribution in [3.05, 3.63) is 63.2 Å². The number of aromatic hydroxyl groups is 1. The molecule has 8 heteroatoms. The standard InChI is InChI=1S/C24H31ClN4O2.ClH/c1-17-14-23(30)24(31)22(29(17)2)16-26-11-6-4-3-5-7-12-27-20-10-13-28-21-15-18(25)8-9-19(20)21;/h8-10,13-15,26,31H,3-7,11-12,16H2,1-2H3,(H,27,28);1H. The fraction of sp³-hybridized carbons (Fsp3) is 0.417. The van der Waals surface area contributed by atoms with Crippen LogP contribution in [0.15, 0.2) is 41.3 Å². The molecule has 0 saturated heterocycles. The van der Waals surface area contributed by atoms with Crippen molar-refractivity contribution in [3.8, 4) is 5.75 Å². The molecule has 0 amide bonds. The van der Waals surface area contributed by atoms with E-state index in [-0.39, 0.29) is 23.6 Å². The van der Waals surface area contributed by atoms with Crippen LogP contribution in [0.4, 0.5) is 5.69 Å². The summed E-state index contributed by atoms with van der Waals surface area (Å²) in [6, 6.07) is 9.25. The summed E-state index contributed by atoms with van der Waals surface area (Å²) in [5, 5.41) is 18.6. The number of pyridine rings is 2. The third kappa shape index (κ3) is 6.86. The van der Waals surface area contributed by atoms with E-state index in [0.29, 0.717) is 17.3 Å². The lowest BCUT2D eigenvalue weighted by molar-refractivity contribution is 0.445. The van der Waals surface area contributed by atoms with Crippen molar-refractivity contribution in [2.45, 2.75) is 45.6 Å². The van der Waals surface area contributed by atoms with Crippen LogP contribution in [0.25, 0.3) is 10.9 Å². The Hall–Kier alpha value is -2.28. The average molecular weight is 479 g/mol. The third-order valence-electron chi connectivity index (χ3n) is 5.62. The van der Waals surface area contributed by atoms with Crippen LogP contribution in [0.2, 0.25) is 5.02 Å². The quantitative estimate of drug-likeness (QED) is 0.331. The summed E-state index contributed by atoms with van der Waals surface area (Å²) in [7, 11) is 1.86.